The van der Waals surface area contributed by atoms with E-state index in [0.29, 0.717) is 16.8 Å². The molecule has 0 amide bonds. The van der Waals surface area contributed by atoms with Crippen molar-refractivity contribution in [3.05, 3.63) is 35.8 Å². The van der Waals surface area contributed by atoms with E-state index in [1.807, 2.05) is 0 Å². The minimum Gasteiger partial charge on any atom is -0.317 e. The highest BCUT2D eigenvalue weighted by Crippen LogP contribution is 2.29. The molecule has 1 fully saturated rings. The zero-order valence-corrected chi connectivity index (χ0v) is 9.79. The Kier molecular flexibility index (Phi) is 2.91. The first-order valence-corrected chi connectivity index (χ1v) is 6.06. The van der Waals surface area contributed by atoms with Crippen LogP contribution in [0.25, 0.3) is 10.9 Å². The maximum atomic E-state index is 13.4. The Morgan fingerprint density at radius 2 is 1.78 bits per heavy atom. The molecule has 3 nitrogen and oxygen atoms in total. The van der Waals surface area contributed by atoms with Gasteiger partial charge in [0.25, 0.3) is 0 Å². The van der Waals surface area contributed by atoms with Crippen LogP contribution in [0.15, 0.2) is 18.5 Å². The van der Waals surface area contributed by atoms with Gasteiger partial charge in [-0.2, -0.15) is 0 Å². The maximum Gasteiger partial charge on any atom is 0.161 e. The lowest BCUT2D eigenvalue weighted by molar-refractivity contribution is 0.455. The van der Waals surface area contributed by atoms with Gasteiger partial charge in [0.05, 0.1) is 11.2 Å². The van der Waals surface area contributed by atoms with Crippen molar-refractivity contribution in [3.63, 3.8) is 0 Å². The second kappa shape index (κ2) is 4.57. The van der Waals surface area contributed by atoms with Gasteiger partial charge in [-0.25, -0.2) is 18.7 Å². The molecule has 0 unspecified atom stereocenters. The molecular weight excluding hydrogens is 236 g/mol. The maximum absolute atomic E-state index is 13.4. The van der Waals surface area contributed by atoms with Gasteiger partial charge in [-0.05, 0) is 32.0 Å². The molecule has 1 aromatic carbocycles. The monoisotopic (exact) mass is 249 g/mol. The predicted molar refractivity (Wildman–Crippen MR) is 64.3 cm³/mol. The molecular formula is C13H13F2N3. The number of piperidine rings is 1. The molecule has 1 aromatic heterocycles. The molecule has 3 rings (SSSR count). The highest BCUT2D eigenvalue weighted by Gasteiger charge is 2.20. The molecule has 1 N–H and O–H groups in total. The Labute approximate surface area is 103 Å². The van der Waals surface area contributed by atoms with Crippen LogP contribution in [0.2, 0.25) is 0 Å². The summed E-state index contributed by atoms with van der Waals surface area (Å²) in [7, 11) is 0. The van der Waals surface area contributed by atoms with E-state index in [0.717, 1.165) is 37.7 Å². The summed E-state index contributed by atoms with van der Waals surface area (Å²) in [6, 6.07) is 2.35. The van der Waals surface area contributed by atoms with Crippen LogP contribution in [0.1, 0.15) is 24.5 Å². The Morgan fingerprint density at radius 1 is 1.06 bits per heavy atom. The summed E-state index contributed by atoms with van der Waals surface area (Å²) in [5.41, 5.74) is 1.30. The molecule has 0 atom stereocenters. The molecule has 2 aromatic rings. The van der Waals surface area contributed by atoms with Gasteiger partial charge in [-0.3, -0.25) is 0 Å². The van der Waals surface area contributed by atoms with Crippen LogP contribution < -0.4 is 5.32 Å². The molecule has 0 bridgehead atoms. The number of hydrogen-bond acceptors (Lipinski definition) is 3. The second-order valence-electron chi connectivity index (χ2n) is 4.57. The molecule has 0 spiro atoms. The Morgan fingerprint density at radius 3 is 2.56 bits per heavy atom. The van der Waals surface area contributed by atoms with E-state index < -0.39 is 11.6 Å². The number of aromatic nitrogens is 2. The van der Waals surface area contributed by atoms with Crippen LogP contribution in [0.3, 0.4) is 0 Å². The van der Waals surface area contributed by atoms with E-state index in [-0.39, 0.29) is 0 Å². The third kappa shape index (κ3) is 1.95. The first kappa shape index (κ1) is 11.5. The van der Waals surface area contributed by atoms with E-state index >= 15 is 0 Å². The average Bonchev–Trinajstić information content (AvgIpc) is 2.40. The summed E-state index contributed by atoms with van der Waals surface area (Å²) in [5, 5.41) is 3.90. The molecule has 0 aliphatic carbocycles. The fourth-order valence-electron chi connectivity index (χ4n) is 2.49. The molecule has 94 valence electrons. The molecule has 1 saturated heterocycles. The van der Waals surface area contributed by atoms with Gasteiger partial charge < -0.3 is 5.32 Å². The minimum atomic E-state index is -0.863. The highest BCUT2D eigenvalue weighted by molar-refractivity contribution is 5.81. The number of nitrogens with zero attached hydrogens (tertiary/aromatic N) is 2. The summed E-state index contributed by atoms with van der Waals surface area (Å²) in [5.74, 6) is -1.41. The van der Waals surface area contributed by atoms with Crippen LogP contribution in [0, 0.1) is 11.6 Å². The molecule has 0 radical (unpaired) electrons. The summed E-state index contributed by atoms with van der Waals surface area (Å²) in [6.45, 7) is 1.86. The summed E-state index contributed by atoms with van der Waals surface area (Å²) in [4.78, 5) is 8.28. The summed E-state index contributed by atoms with van der Waals surface area (Å²) in [6.07, 6.45) is 3.35. The van der Waals surface area contributed by atoms with Crippen molar-refractivity contribution in [2.45, 2.75) is 18.8 Å². The third-order valence-electron chi connectivity index (χ3n) is 3.43. The third-order valence-corrected chi connectivity index (χ3v) is 3.43. The molecule has 2 heterocycles. The smallest absolute Gasteiger partial charge is 0.161 e. The first-order valence-electron chi connectivity index (χ1n) is 6.06. The summed E-state index contributed by atoms with van der Waals surface area (Å²) >= 11 is 0. The van der Waals surface area contributed by atoms with Gasteiger partial charge in [0.15, 0.2) is 11.6 Å². The zero-order chi connectivity index (χ0) is 12.5. The fourth-order valence-corrected chi connectivity index (χ4v) is 2.49. The van der Waals surface area contributed by atoms with Gasteiger partial charge in [0.2, 0.25) is 0 Å². The average molecular weight is 249 g/mol. The lowest BCUT2D eigenvalue weighted by Crippen LogP contribution is -2.27. The van der Waals surface area contributed by atoms with Crippen LogP contribution in [0.4, 0.5) is 8.78 Å². The second-order valence-corrected chi connectivity index (χ2v) is 4.57. The number of benzene rings is 1. The topological polar surface area (TPSA) is 37.8 Å². The van der Waals surface area contributed by atoms with Crippen LogP contribution in [0.5, 0.6) is 0 Å². The van der Waals surface area contributed by atoms with E-state index in [9.17, 15) is 8.78 Å². The first-order chi connectivity index (χ1) is 8.75. The van der Waals surface area contributed by atoms with Crippen LogP contribution in [-0.2, 0) is 0 Å². The fraction of sp³-hybridized carbons (Fsp3) is 0.385. The zero-order valence-electron chi connectivity index (χ0n) is 9.79. The van der Waals surface area contributed by atoms with Crippen LogP contribution in [-0.4, -0.2) is 23.1 Å². The van der Waals surface area contributed by atoms with Crippen molar-refractivity contribution in [2.24, 2.45) is 0 Å². The molecule has 1 aliphatic rings. The lowest BCUT2D eigenvalue weighted by atomic mass is 9.92. The molecule has 1 aliphatic heterocycles. The Bertz CT molecular complexity index is 580. The van der Waals surface area contributed by atoms with Gasteiger partial charge in [0, 0.05) is 17.4 Å². The quantitative estimate of drug-likeness (QED) is 0.843. The SMILES string of the molecule is Fc1cc2ncnc(C3CCNCC3)c2cc1F. The van der Waals surface area contributed by atoms with Gasteiger partial charge in [-0.1, -0.05) is 0 Å². The predicted octanol–water partition coefficient (Wildman–Crippen LogP) is 2.38. The molecule has 18 heavy (non-hydrogen) atoms. The Hall–Kier alpha value is -1.62. The molecule has 5 heteroatoms. The number of nitrogens with one attached hydrogen (secondary N) is 1. The normalized spacial score (nSPS) is 17.2. The van der Waals surface area contributed by atoms with Crippen molar-refractivity contribution >= 4 is 10.9 Å². The number of rotatable bonds is 1. The van der Waals surface area contributed by atoms with Crippen molar-refractivity contribution < 1.29 is 8.78 Å². The van der Waals surface area contributed by atoms with Crippen molar-refractivity contribution in [2.75, 3.05) is 13.1 Å². The minimum absolute atomic E-state index is 0.293. The Balaban J connectivity index is 2.13. The number of fused-ring (bicyclic) bond motifs is 1. The summed E-state index contributed by atoms with van der Waals surface area (Å²) < 4.78 is 26.5. The van der Waals surface area contributed by atoms with Crippen molar-refractivity contribution in [1.29, 1.82) is 0 Å². The van der Waals surface area contributed by atoms with E-state index in [2.05, 4.69) is 15.3 Å². The number of halogens is 2. The molecule has 0 saturated carbocycles. The highest BCUT2D eigenvalue weighted by atomic mass is 19.2. The standard InChI is InChI=1S/C13H13F2N3/c14-10-5-9-12(6-11(10)15)17-7-18-13(9)8-1-3-16-4-2-8/h5-8,16H,1-4H2. The van der Waals surface area contributed by atoms with Crippen molar-refractivity contribution in [3.8, 4) is 0 Å². The van der Waals surface area contributed by atoms with Gasteiger partial charge in [0.1, 0.15) is 6.33 Å². The van der Waals surface area contributed by atoms with Crippen molar-refractivity contribution in [1.82, 2.24) is 15.3 Å². The van der Waals surface area contributed by atoms with Crippen LogP contribution >= 0.6 is 0 Å². The van der Waals surface area contributed by atoms with Gasteiger partial charge >= 0.3 is 0 Å². The van der Waals surface area contributed by atoms with E-state index in [1.165, 1.54) is 12.4 Å². The van der Waals surface area contributed by atoms with Gasteiger partial charge in [-0.15, -0.1) is 0 Å². The lowest BCUT2D eigenvalue weighted by Gasteiger charge is -2.22. The van der Waals surface area contributed by atoms with E-state index in [1.54, 1.807) is 0 Å². The largest absolute Gasteiger partial charge is 0.317 e. The van der Waals surface area contributed by atoms with E-state index in [4.69, 9.17) is 0 Å². The number of hydrogen-bond donors (Lipinski definition) is 1.